The molecule has 1 heterocycles. The fraction of sp³-hybridized carbons (Fsp3) is 0.138. The Morgan fingerprint density at radius 1 is 0.875 bits per heavy atom. The lowest BCUT2D eigenvalue weighted by Crippen LogP contribution is -2.38. The van der Waals surface area contributed by atoms with Gasteiger partial charge < -0.3 is 25.4 Å². The molecule has 0 aliphatic heterocycles. The van der Waals surface area contributed by atoms with Gasteiger partial charge in [0.1, 0.15) is 23.8 Å². The van der Waals surface area contributed by atoms with Crippen LogP contribution in [0.4, 0.5) is 5.69 Å². The number of methoxy groups -OCH3 is 1. The molecule has 4 aromatic carbocycles. The highest BCUT2D eigenvalue weighted by atomic mass is 32.1. The monoisotopic (exact) mass is 553 g/mol. The maximum atomic E-state index is 12.4. The summed E-state index contributed by atoms with van der Waals surface area (Å²) in [5.74, 6) is 2.12. The molecule has 0 saturated carbocycles. The number of nitrogens with zero attached hydrogens (tertiary/aromatic N) is 4. The van der Waals surface area contributed by atoms with Gasteiger partial charge in [-0.2, -0.15) is 4.80 Å². The third-order valence-electron chi connectivity index (χ3n) is 5.87. The van der Waals surface area contributed by atoms with Crippen LogP contribution in [0, 0.1) is 0 Å². The summed E-state index contributed by atoms with van der Waals surface area (Å²) in [4.78, 5) is 13.7. The zero-order valence-electron chi connectivity index (χ0n) is 21.7. The Kier molecular flexibility index (Phi) is 8.42. The Balaban J connectivity index is 1.12. The van der Waals surface area contributed by atoms with Crippen molar-refractivity contribution in [3.05, 3.63) is 91.0 Å². The summed E-state index contributed by atoms with van der Waals surface area (Å²) in [6.07, 6.45) is 0. The third-order valence-corrected chi connectivity index (χ3v) is 6.12. The van der Waals surface area contributed by atoms with E-state index < -0.39 is 0 Å². The molecule has 0 aliphatic rings. The number of tetrazole rings is 1. The number of thiocarbonyl (C=S) groups is 1. The number of anilines is 1. The van der Waals surface area contributed by atoms with Gasteiger partial charge in [-0.25, -0.2) is 0 Å². The summed E-state index contributed by atoms with van der Waals surface area (Å²) in [6.45, 7) is 0.729. The Morgan fingerprint density at radius 2 is 1.68 bits per heavy atom. The summed E-state index contributed by atoms with van der Waals surface area (Å²) in [7, 11) is 1.61. The number of ether oxygens (including phenoxy) is 2. The van der Waals surface area contributed by atoms with E-state index >= 15 is 0 Å². The van der Waals surface area contributed by atoms with Gasteiger partial charge in [-0.3, -0.25) is 4.79 Å². The van der Waals surface area contributed by atoms with Gasteiger partial charge in [-0.15, -0.1) is 10.2 Å². The van der Waals surface area contributed by atoms with Gasteiger partial charge in [-0.1, -0.05) is 48.5 Å². The summed E-state index contributed by atoms with van der Waals surface area (Å²) in [5.41, 5.74) is 1.47. The van der Waals surface area contributed by atoms with Crippen LogP contribution in [0.25, 0.3) is 22.2 Å². The predicted molar refractivity (Wildman–Crippen MR) is 158 cm³/mol. The molecule has 5 rings (SSSR count). The maximum absolute atomic E-state index is 12.4. The fourth-order valence-corrected chi connectivity index (χ4v) is 4.17. The topological polar surface area (TPSA) is 115 Å². The molecule has 5 aromatic rings. The maximum Gasteiger partial charge on any atom is 0.243 e. The summed E-state index contributed by atoms with van der Waals surface area (Å²) >= 11 is 5.30. The molecule has 1 aromatic heterocycles. The lowest BCUT2D eigenvalue weighted by atomic mass is 10.1. The molecule has 1 amide bonds. The first-order valence-corrected chi connectivity index (χ1v) is 13.0. The summed E-state index contributed by atoms with van der Waals surface area (Å²) < 4.78 is 11.4. The van der Waals surface area contributed by atoms with Crippen LogP contribution in [0.5, 0.6) is 17.2 Å². The van der Waals surface area contributed by atoms with Crippen molar-refractivity contribution in [2.45, 2.75) is 6.54 Å². The number of fused-ring (bicyclic) bond motifs is 1. The second kappa shape index (κ2) is 12.7. The molecule has 202 valence electrons. The largest absolute Gasteiger partial charge is 0.497 e. The second-order valence-corrected chi connectivity index (χ2v) is 9.12. The second-order valence-electron chi connectivity index (χ2n) is 8.71. The Hall–Kier alpha value is -5.03. The van der Waals surface area contributed by atoms with Crippen molar-refractivity contribution in [2.24, 2.45) is 0 Å². The smallest absolute Gasteiger partial charge is 0.243 e. The van der Waals surface area contributed by atoms with E-state index in [2.05, 4.69) is 37.4 Å². The predicted octanol–water partition coefficient (Wildman–Crippen LogP) is 4.40. The van der Waals surface area contributed by atoms with Crippen LogP contribution in [0.1, 0.15) is 0 Å². The van der Waals surface area contributed by atoms with Crippen molar-refractivity contribution in [2.75, 3.05) is 25.5 Å². The van der Waals surface area contributed by atoms with E-state index in [1.807, 2.05) is 84.9 Å². The van der Waals surface area contributed by atoms with Crippen molar-refractivity contribution < 1.29 is 14.3 Å². The number of carbonyl (C=O) groups excluding carboxylic acids is 1. The average Bonchev–Trinajstić information content (AvgIpc) is 3.43. The van der Waals surface area contributed by atoms with Gasteiger partial charge >= 0.3 is 0 Å². The van der Waals surface area contributed by atoms with Gasteiger partial charge in [0.05, 0.1) is 12.7 Å². The molecule has 0 bridgehead atoms. The summed E-state index contributed by atoms with van der Waals surface area (Å²) in [6, 6.07) is 28.9. The van der Waals surface area contributed by atoms with E-state index in [-0.39, 0.29) is 12.5 Å². The van der Waals surface area contributed by atoms with Crippen LogP contribution in [0.3, 0.4) is 0 Å². The van der Waals surface area contributed by atoms with Crippen LogP contribution in [0.2, 0.25) is 0 Å². The SMILES string of the molecule is COc1cccc(NC(=S)NCCNC(=O)Cn2nnc(-c3ccccc3Oc3ccc4ccccc4c3)n2)c1. The first-order valence-electron chi connectivity index (χ1n) is 12.6. The molecule has 0 aliphatic carbocycles. The van der Waals surface area contributed by atoms with E-state index in [4.69, 9.17) is 21.7 Å². The number of hydrogen-bond donors (Lipinski definition) is 3. The Bertz CT molecular complexity index is 1640. The number of hydrogen-bond acceptors (Lipinski definition) is 7. The number of amides is 1. The van der Waals surface area contributed by atoms with Crippen LogP contribution in [-0.2, 0) is 11.3 Å². The fourth-order valence-electron chi connectivity index (χ4n) is 3.95. The van der Waals surface area contributed by atoms with E-state index in [0.29, 0.717) is 41.1 Å². The highest BCUT2D eigenvalue weighted by molar-refractivity contribution is 7.80. The lowest BCUT2D eigenvalue weighted by Gasteiger charge is -2.11. The third kappa shape index (κ3) is 6.88. The first kappa shape index (κ1) is 26.6. The average molecular weight is 554 g/mol. The molecule has 0 radical (unpaired) electrons. The Labute approximate surface area is 236 Å². The van der Waals surface area contributed by atoms with Crippen molar-refractivity contribution in [1.29, 1.82) is 0 Å². The molecule has 0 spiro atoms. The molecule has 0 fully saturated rings. The number of benzene rings is 4. The molecule has 0 saturated heterocycles. The molecule has 40 heavy (non-hydrogen) atoms. The quantitative estimate of drug-likeness (QED) is 0.171. The molecular weight excluding hydrogens is 526 g/mol. The van der Waals surface area contributed by atoms with E-state index in [9.17, 15) is 4.79 Å². The van der Waals surface area contributed by atoms with Gasteiger partial charge in [0.15, 0.2) is 5.11 Å². The molecule has 11 heteroatoms. The van der Waals surface area contributed by atoms with Crippen molar-refractivity contribution in [3.8, 4) is 28.6 Å². The summed E-state index contributed by atoms with van der Waals surface area (Å²) in [5, 5.41) is 24.2. The lowest BCUT2D eigenvalue weighted by molar-refractivity contribution is -0.122. The van der Waals surface area contributed by atoms with Crippen molar-refractivity contribution in [1.82, 2.24) is 30.8 Å². The highest BCUT2D eigenvalue weighted by Gasteiger charge is 2.14. The number of para-hydroxylation sites is 1. The minimum Gasteiger partial charge on any atom is -0.497 e. The minimum atomic E-state index is -0.252. The van der Waals surface area contributed by atoms with Gasteiger partial charge in [0.25, 0.3) is 0 Å². The Morgan fingerprint density at radius 3 is 2.55 bits per heavy atom. The number of aromatic nitrogens is 4. The molecule has 10 nitrogen and oxygen atoms in total. The number of carbonyl (C=O) groups is 1. The minimum absolute atomic E-state index is 0.0762. The van der Waals surface area contributed by atoms with Gasteiger partial charge in [0.2, 0.25) is 11.7 Å². The van der Waals surface area contributed by atoms with E-state index in [0.717, 1.165) is 22.2 Å². The van der Waals surface area contributed by atoms with E-state index in [1.165, 1.54) is 4.80 Å². The molecular formula is C29H27N7O3S. The standard InChI is InChI=1S/C29H27N7O3S/c1-38-23-10-6-9-22(18-23)32-29(40)31-16-15-30-27(37)19-36-34-28(33-35-36)25-11-4-5-12-26(25)39-24-14-13-20-7-2-3-8-21(20)17-24/h2-14,17-18H,15-16,19H2,1H3,(H,30,37)(H2,31,32,40). The number of nitrogens with one attached hydrogen (secondary N) is 3. The molecule has 0 atom stereocenters. The van der Waals surface area contributed by atoms with Crippen LogP contribution in [-0.4, -0.2) is 51.4 Å². The molecule has 3 N–H and O–H groups in total. The van der Waals surface area contributed by atoms with E-state index in [1.54, 1.807) is 7.11 Å². The van der Waals surface area contributed by atoms with Gasteiger partial charge in [-0.05, 0) is 64.6 Å². The van der Waals surface area contributed by atoms with Crippen molar-refractivity contribution >= 4 is 39.7 Å². The van der Waals surface area contributed by atoms with Crippen LogP contribution >= 0.6 is 12.2 Å². The highest BCUT2D eigenvalue weighted by Crippen LogP contribution is 2.32. The van der Waals surface area contributed by atoms with Crippen LogP contribution < -0.4 is 25.4 Å². The zero-order chi connectivity index (χ0) is 27.7. The zero-order valence-corrected chi connectivity index (χ0v) is 22.5. The molecule has 0 unspecified atom stereocenters. The van der Waals surface area contributed by atoms with Crippen LogP contribution in [0.15, 0.2) is 91.0 Å². The first-order chi connectivity index (χ1) is 19.6. The number of rotatable bonds is 10. The van der Waals surface area contributed by atoms with Gasteiger partial charge in [0, 0.05) is 24.8 Å². The van der Waals surface area contributed by atoms with Crippen molar-refractivity contribution in [3.63, 3.8) is 0 Å². The normalized spacial score (nSPS) is 10.6.